The van der Waals surface area contributed by atoms with E-state index in [1.807, 2.05) is 0 Å². The minimum absolute atomic E-state index is 0.289. The standard InChI is InChI=1S/C35H36/c1-5-26-20-25(21-27(6-2)32(26)7-3)22-31-23-30-18-19-33(28-14-10-8-11-15-28)35(34(30)24(31)4)29-16-12-9-13-17-29/h8-22,34-35H,4-7,23H2,1-3H3/b31-22-. The third-order valence-electron chi connectivity index (χ3n) is 7.91. The van der Waals surface area contributed by atoms with Crippen molar-refractivity contribution in [3.63, 3.8) is 0 Å². The summed E-state index contributed by atoms with van der Waals surface area (Å²) < 4.78 is 0. The van der Waals surface area contributed by atoms with E-state index in [4.69, 9.17) is 6.58 Å². The van der Waals surface area contributed by atoms with E-state index >= 15 is 0 Å². The van der Waals surface area contributed by atoms with Gasteiger partial charge in [0.05, 0.1) is 0 Å². The molecule has 0 saturated heterocycles. The monoisotopic (exact) mass is 456 g/mol. The summed E-state index contributed by atoms with van der Waals surface area (Å²) in [6.45, 7) is 11.5. The van der Waals surface area contributed by atoms with Crippen LogP contribution in [0, 0.1) is 5.92 Å². The molecule has 0 bridgehead atoms. The van der Waals surface area contributed by atoms with E-state index in [0.29, 0.717) is 5.92 Å². The van der Waals surface area contributed by atoms with Gasteiger partial charge in [0, 0.05) is 11.8 Å². The average molecular weight is 457 g/mol. The first-order valence-electron chi connectivity index (χ1n) is 13.2. The minimum Gasteiger partial charge on any atom is -0.0949 e. The molecule has 0 N–H and O–H groups in total. The summed E-state index contributed by atoms with van der Waals surface area (Å²) in [4.78, 5) is 0. The lowest BCUT2D eigenvalue weighted by Gasteiger charge is -2.32. The Labute approximate surface area is 211 Å². The molecule has 176 valence electrons. The van der Waals surface area contributed by atoms with Gasteiger partial charge < -0.3 is 0 Å². The summed E-state index contributed by atoms with van der Waals surface area (Å²) in [5.74, 6) is 0.604. The van der Waals surface area contributed by atoms with Crippen LogP contribution in [0.15, 0.2) is 108 Å². The third-order valence-corrected chi connectivity index (χ3v) is 7.91. The van der Waals surface area contributed by atoms with Crippen molar-refractivity contribution in [3.8, 4) is 0 Å². The lowest BCUT2D eigenvalue weighted by molar-refractivity contribution is 0.673. The molecule has 3 aromatic carbocycles. The van der Waals surface area contributed by atoms with Crippen molar-refractivity contribution in [2.75, 3.05) is 0 Å². The molecule has 3 aromatic rings. The maximum atomic E-state index is 4.70. The van der Waals surface area contributed by atoms with Gasteiger partial charge in [-0.3, -0.25) is 0 Å². The number of hydrogen-bond acceptors (Lipinski definition) is 0. The Morgan fingerprint density at radius 1 is 0.771 bits per heavy atom. The summed E-state index contributed by atoms with van der Waals surface area (Å²) in [6.07, 6.45) is 11.4. The van der Waals surface area contributed by atoms with Gasteiger partial charge in [-0.2, -0.15) is 0 Å². The number of hydrogen-bond donors (Lipinski definition) is 0. The highest BCUT2D eigenvalue weighted by Gasteiger charge is 2.39. The Balaban J connectivity index is 1.56. The molecule has 1 fully saturated rings. The van der Waals surface area contributed by atoms with Crippen molar-refractivity contribution in [1.29, 1.82) is 0 Å². The molecule has 2 aliphatic carbocycles. The topological polar surface area (TPSA) is 0 Å². The normalized spacial score (nSPS) is 20.5. The molecule has 0 spiro atoms. The molecule has 0 heteroatoms. The molecule has 0 amide bonds. The van der Waals surface area contributed by atoms with Crippen molar-refractivity contribution < 1.29 is 0 Å². The first-order chi connectivity index (χ1) is 17.1. The van der Waals surface area contributed by atoms with Crippen molar-refractivity contribution >= 4 is 11.6 Å². The van der Waals surface area contributed by atoms with Gasteiger partial charge in [-0.15, -0.1) is 0 Å². The predicted molar refractivity (Wildman–Crippen MR) is 151 cm³/mol. The Bertz CT molecular complexity index is 1290. The molecule has 1 saturated carbocycles. The average Bonchev–Trinajstić information content (AvgIpc) is 3.23. The molecular weight excluding hydrogens is 420 g/mol. The van der Waals surface area contributed by atoms with Crippen molar-refractivity contribution in [1.82, 2.24) is 0 Å². The van der Waals surface area contributed by atoms with E-state index in [0.717, 1.165) is 25.7 Å². The Morgan fingerprint density at radius 3 is 2.00 bits per heavy atom. The number of benzene rings is 3. The van der Waals surface area contributed by atoms with Crippen LogP contribution in [0.5, 0.6) is 0 Å². The molecule has 0 radical (unpaired) electrons. The Morgan fingerprint density at radius 2 is 1.40 bits per heavy atom. The van der Waals surface area contributed by atoms with E-state index in [2.05, 4.69) is 112 Å². The van der Waals surface area contributed by atoms with E-state index in [-0.39, 0.29) is 5.92 Å². The van der Waals surface area contributed by atoms with E-state index < -0.39 is 0 Å². The van der Waals surface area contributed by atoms with Crippen LogP contribution in [-0.2, 0) is 19.3 Å². The van der Waals surface area contributed by atoms with Gasteiger partial charge >= 0.3 is 0 Å². The molecule has 5 rings (SSSR count). The summed E-state index contributed by atoms with van der Waals surface area (Å²) in [5, 5.41) is 0. The van der Waals surface area contributed by atoms with Gasteiger partial charge in [-0.1, -0.05) is 124 Å². The quantitative estimate of drug-likeness (QED) is 0.347. The van der Waals surface area contributed by atoms with Gasteiger partial charge in [0.15, 0.2) is 0 Å². The zero-order valence-electron chi connectivity index (χ0n) is 21.4. The van der Waals surface area contributed by atoms with Gasteiger partial charge in [0.2, 0.25) is 0 Å². The molecule has 35 heavy (non-hydrogen) atoms. The number of aryl methyl sites for hydroxylation is 2. The van der Waals surface area contributed by atoms with Crippen LogP contribution in [0.1, 0.15) is 66.5 Å². The second-order valence-corrected chi connectivity index (χ2v) is 9.85. The van der Waals surface area contributed by atoms with Crippen LogP contribution >= 0.6 is 0 Å². The molecule has 0 nitrogen and oxygen atoms in total. The van der Waals surface area contributed by atoms with Crippen LogP contribution in [0.3, 0.4) is 0 Å². The molecule has 0 aromatic heterocycles. The Hall–Kier alpha value is -3.38. The van der Waals surface area contributed by atoms with Crippen LogP contribution < -0.4 is 0 Å². The van der Waals surface area contributed by atoms with Crippen molar-refractivity contribution in [2.45, 2.75) is 52.4 Å². The fourth-order valence-electron chi connectivity index (χ4n) is 6.20. The first-order valence-corrected chi connectivity index (χ1v) is 13.2. The maximum Gasteiger partial charge on any atom is 0.0201 e. The summed E-state index contributed by atoms with van der Waals surface area (Å²) in [7, 11) is 0. The molecule has 2 aliphatic rings. The molecular formula is C35H36. The van der Waals surface area contributed by atoms with Gasteiger partial charge in [-0.25, -0.2) is 0 Å². The van der Waals surface area contributed by atoms with Crippen molar-refractivity contribution in [2.24, 2.45) is 5.92 Å². The highest BCUT2D eigenvalue weighted by atomic mass is 14.4. The summed E-state index contributed by atoms with van der Waals surface area (Å²) in [5.41, 5.74) is 14.1. The Kier molecular flexibility index (Phi) is 6.73. The van der Waals surface area contributed by atoms with E-state index in [1.165, 1.54) is 50.1 Å². The SMILES string of the molecule is C=C1/C(=C\c2cc(CC)c(CC)c(CC)c2)CC2=CC=C(c3ccccc3)C(c3ccccc3)C12. The number of allylic oxidation sites excluding steroid dienone is 6. The lowest BCUT2D eigenvalue weighted by Crippen LogP contribution is -2.17. The highest BCUT2D eigenvalue weighted by Crippen LogP contribution is 2.54. The molecule has 0 heterocycles. The minimum atomic E-state index is 0.289. The zero-order chi connectivity index (χ0) is 24.4. The predicted octanol–water partition coefficient (Wildman–Crippen LogP) is 9.14. The van der Waals surface area contributed by atoms with Crippen LogP contribution in [0.2, 0.25) is 0 Å². The number of rotatable bonds is 6. The summed E-state index contributed by atoms with van der Waals surface area (Å²) in [6, 6.07) is 26.7. The molecule has 0 aliphatic heterocycles. The smallest absolute Gasteiger partial charge is 0.0201 e. The number of fused-ring (bicyclic) bond motifs is 1. The second-order valence-electron chi connectivity index (χ2n) is 9.85. The largest absolute Gasteiger partial charge is 0.0949 e. The third kappa shape index (κ3) is 4.39. The van der Waals surface area contributed by atoms with Crippen molar-refractivity contribution in [3.05, 3.63) is 142 Å². The fraction of sp³-hybridized carbons (Fsp3) is 0.257. The van der Waals surface area contributed by atoms with Gasteiger partial charge in [-0.05, 0) is 75.8 Å². The first kappa shape index (κ1) is 23.4. The van der Waals surface area contributed by atoms with Gasteiger partial charge in [0.25, 0.3) is 0 Å². The fourth-order valence-corrected chi connectivity index (χ4v) is 6.20. The second kappa shape index (κ2) is 10.1. The van der Waals surface area contributed by atoms with Crippen LogP contribution in [0.4, 0.5) is 0 Å². The zero-order valence-corrected chi connectivity index (χ0v) is 21.4. The van der Waals surface area contributed by atoms with E-state index in [1.54, 1.807) is 5.56 Å². The highest BCUT2D eigenvalue weighted by molar-refractivity contribution is 5.79. The van der Waals surface area contributed by atoms with E-state index in [9.17, 15) is 0 Å². The van der Waals surface area contributed by atoms with Crippen LogP contribution in [0.25, 0.3) is 11.6 Å². The maximum absolute atomic E-state index is 4.70. The molecule has 2 atom stereocenters. The summed E-state index contributed by atoms with van der Waals surface area (Å²) >= 11 is 0. The van der Waals surface area contributed by atoms with Crippen LogP contribution in [-0.4, -0.2) is 0 Å². The van der Waals surface area contributed by atoms with Gasteiger partial charge in [0.1, 0.15) is 0 Å². The molecule has 2 unspecified atom stereocenters. The lowest BCUT2D eigenvalue weighted by atomic mass is 9.71.